The maximum Gasteiger partial charge on any atom is 0.514 e. The quantitative estimate of drug-likeness (QED) is 0.0599. The van der Waals surface area contributed by atoms with Gasteiger partial charge in [0.05, 0.1) is 77.3 Å². The minimum Gasteiger partial charge on any atom is -0.444 e. The minimum atomic E-state index is -2.06. The van der Waals surface area contributed by atoms with Gasteiger partial charge in [-0.05, 0) is 229 Å². The van der Waals surface area contributed by atoms with Gasteiger partial charge in [0.2, 0.25) is 0 Å². The molecule has 11 rings (SSSR count). The molecular formula is C81H126BClF2N12O12S2Si2. The average molecular weight is 1660 g/mol. The van der Waals surface area contributed by atoms with Crippen molar-refractivity contribution in [3.05, 3.63) is 139 Å². The summed E-state index contributed by atoms with van der Waals surface area (Å²) in [4.78, 5) is 33.4. The van der Waals surface area contributed by atoms with Gasteiger partial charge in [0, 0.05) is 67.1 Å². The van der Waals surface area contributed by atoms with E-state index in [0.29, 0.717) is 50.0 Å². The first-order valence-corrected chi connectivity index (χ1v) is 43.2. The molecule has 3 fully saturated rings. The summed E-state index contributed by atoms with van der Waals surface area (Å²) in [6.45, 7) is 43.9. The summed E-state index contributed by atoms with van der Waals surface area (Å²) < 4.78 is 95.5. The van der Waals surface area contributed by atoms with E-state index < -0.39 is 51.7 Å². The minimum absolute atomic E-state index is 0. The number of carbonyl (C=O) groups excluding carboxylic acids is 2. The summed E-state index contributed by atoms with van der Waals surface area (Å²) >= 11 is 5.75. The van der Waals surface area contributed by atoms with Gasteiger partial charge in [0.25, 0.3) is 11.8 Å². The fourth-order valence-corrected chi connectivity index (χ4v) is 13.3. The Morgan fingerprint density at radius 3 is 1.38 bits per heavy atom. The SMILES string of the molecule is C.C.C.CC(C)(C)OC(=O)N[C@H](CO[Si](C)(C)C(C)(C)C)Cn1ccc(-c2ccc(Oc3ncc(-c4ccnn4C4CCCCO4)cc3F)cc2)n1.CC(C)(C)OC(=O)N[C@H](CO[Si](C)(C)C(C)(C)C)Cn1ccc(-c2ccc(Oc3ncc(Cl)cc3F)cc2)n1.CC1(C)OB(c2ccnn2C2CCCCO2)OC1(C)C.S.S. The van der Waals surface area contributed by atoms with E-state index in [4.69, 9.17) is 63.3 Å². The summed E-state index contributed by atoms with van der Waals surface area (Å²) in [7, 11) is -4.48. The van der Waals surface area contributed by atoms with Crippen LogP contribution in [0.15, 0.2) is 122 Å². The van der Waals surface area contributed by atoms with Gasteiger partial charge in [-0.3, -0.25) is 9.36 Å². The summed E-state index contributed by atoms with van der Waals surface area (Å²) in [5.41, 5.74) is 3.54. The van der Waals surface area contributed by atoms with E-state index >= 15 is 4.39 Å². The average Bonchev–Trinajstić information content (AvgIpc) is 1.61. The van der Waals surface area contributed by atoms with Crippen molar-refractivity contribution in [2.75, 3.05) is 26.4 Å². The highest BCUT2D eigenvalue weighted by Crippen LogP contribution is 2.40. The number of hydrogen-bond acceptors (Lipinski definition) is 18. The molecule has 3 aliphatic heterocycles. The van der Waals surface area contributed by atoms with Gasteiger partial charge in [-0.2, -0.15) is 47.4 Å². The van der Waals surface area contributed by atoms with Crippen molar-refractivity contribution in [3.8, 4) is 57.0 Å². The third kappa shape index (κ3) is 27.8. The fraction of sp³-hybridized carbons (Fsp3) is 0.556. The van der Waals surface area contributed by atoms with E-state index in [1.54, 1.807) is 56.9 Å². The molecule has 8 aromatic rings. The molecule has 0 radical (unpaired) electrons. The lowest BCUT2D eigenvalue weighted by atomic mass is 9.84. The summed E-state index contributed by atoms with van der Waals surface area (Å²) in [5.74, 6) is -0.630. The molecule has 6 aromatic heterocycles. The zero-order valence-corrected chi connectivity index (χ0v) is 72.2. The standard InChI is InChI=1S/C36H49FN6O5Si.C28H38ClFN4O4Si.C14H23BN2O3.3CH4.2H2S/c1-35(2,3)48-34(44)40-27(24-46-49(7,8)36(4,5)6)23-42-19-17-30(41-42)25-12-14-28(15-13-25)47-33-29(37)21-26(22-38-33)31-16-18-39-43(31)32-11-9-10-20-45-32;1-27(2,3)38-26(35)32-21(18-36-39(7,8)28(4,5)6)17-34-14-13-24(33-34)19-9-11-22(12-10-19)37-25-23(30)15-20(29)16-31-25;1-13(2)14(3,4)20-15(19-13)11-8-9-16-17(11)12-7-5-6-10-18-12;;;;;/h12-19,21-22,27,32H,9-11,20,23-24H2,1-8H3,(H,40,44);9-16,21H,17-18H2,1-8H3,(H,32,35);8-9,12H,5-7,10H2,1-4H3;3*1H4;2*1H2/t27-,32?;21-;;;;;;/m00....../s1. The summed E-state index contributed by atoms with van der Waals surface area (Å²) in [6, 6.07) is 23.7. The number of nitrogens with one attached hydrogen (secondary N) is 2. The second-order valence-electron chi connectivity index (χ2n) is 33.5. The van der Waals surface area contributed by atoms with Crippen LogP contribution in [-0.4, -0.2) is 146 Å². The van der Waals surface area contributed by atoms with E-state index in [-0.39, 0.29) is 119 Å². The maximum absolute atomic E-state index is 15.2. The van der Waals surface area contributed by atoms with Crippen molar-refractivity contribution in [3.63, 3.8) is 0 Å². The molecule has 4 atom stereocenters. The number of amides is 2. The molecule has 0 saturated carbocycles. The molecule has 2 N–H and O–H groups in total. The summed E-state index contributed by atoms with van der Waals surface area (Å²) in [6.07, 6.45) is 15.2. The molecule has 3 aliphatic rings. The summed E-state index contributed by atoms with van der Waals surface area (Å²) in [5, 5.41) is 24.4. The highest BCUT2D eigenvalue weighted by molar-refractivity contribution is 7.59. The molecule has 0 aliphatic carbocycles. The Balaban J connectivity index is 0.000000376. The molecule has 2 amide bonds. The normalized spacial score (nSPS) is 16.7. The molecule has 626 valence electrons. The number of aromatic nitrogens is 10. The highest BCUT2D eigenvalue weighted by Gasteiger charge is 2.53. The molecular weight excluding hydrogens is 1540 g/mol. The van der Waals surface area contributed by atoms with Gasteiger partial charge >= 0.3 is 19.3 Å². The molecule has 3 saturated heterocycles. The number of hydrogen-bond donors (Lipinski definition) is 2. The molecule has 24 nitrogen and oxygen atoms in total. The first-order valence-electron chi connectivity index (χ1n) is 37.0. The number of pyridine rings is 2. The van der Waals surface area contributed by atoms with E-state index in [0.717, 1.165) is 78.6 Å². The number of alkyl carbamates (subject to hydrolysis) is 2. The number of benzene rings is 2. The number of nitrogens with zero attached hydrogens (tertiary/aromatic N) is 10. The molecule has 9 heterocycles. The van der Waals surface area contributed by atoms with Crippen LogP contribution in [0.2, 0.25) is 41.3 Å². The Morgan fingerprint density at radius 2 is 0.982 bits per heavy atom. The largest absolute Gasteiger partial charge is 0.514 e. The Hall–Kier alpha value is -7.17. The second-order valence-corrected chi connectivity index (χ2v) is 43.5. The zero-order chi connectivity index (χ0) is 78.8. The monoisotopic (exact) mass is 1660 g/mol. The Labute approximate surface area is 690 Å². The number of halogens is 3. The maximum atomic E-state index is 15.2. The van der Waals surface area contributed by atoms with Crippen LogP contribution in [0.3, 0.4) is 0 Å². The van der Waals surface area contributed by atoms with Crippen molar-refractivity contribution in [2.45, 2.75) is 268 Å². The van der Waals surface area contributed by atoms with Crippen molar-refractivity contribution in [1.29, 1.82) is 0 Å². The lowest BCUT2D eigenvalue weighted by molar-refractivity contribution is -0.0384. The van der Waals surface area contributed by atoms with Crippen LogP contribution in [0.25, 0.3) is 33.8 Å². The first kappa shape index (κ1) is 98.2. The van der Waals surface area contributed by atoms with Gasteiger partial charge in [-0.1, -0.05) is 75.4 Å². The predicted octanol–water partition coefficient (Wildman–Crippen LogP) is 19.8. The number of rotatable bonds is 22. The van der Waals surface area contributed by atoms with Crippen LogP contribution < -0.4 is 25.7 Å². The molecule has 2 aromatic carbocycles. The van der Waals surface area contributed by atoms with Crippen molar-refractivity contribution in [1.82, 2.24) is 59.7 Å². The van der Waals surface area contributed by atoms with Crippen LogP contribution >= 0.6 is 38.6 Å². The van der Waals surface area contributed by atoms with E-state index in [1.807, 2.05) is 107 Å². The third-order valence-corrected chi connectivity index (χ3v) is 29.0. The Kier molecular flexibility index (Phi) is 35.7. The third-order valence-electron chi connectivity index (χ3n) is 19.8. The van der Waals surface area contributed by atoms with E-state index in [9.17, 15) is 14.0 Å². The van der Waals surface area contributed by atoms with Gasteiger partial charge in [-0.15, -0.1) is 0 Å². The van der Waals surface area contributed by atoms with Gasteiger partial charge in [-0.25, -0.2) is 37.7 Å². The molecule has 113 heavy (non-hydrogen) atoms. The lowest BCUT2D eigenvalue weighted by Crippen LogP contribution is -2.48. The molecule has 0 bridgehead atoms. The van der Waals surface area contributed by atoms with Gasteiger partial charge in [0.1, 0.15) is 28.9 Å². The first-order chi connectivity index (χ1) is 50.5. The Bertz CT molecular complexity index is 4250. The van der Waals surface area contributed by atoms with Crippen LogP contribution in [0.4, 0.5) is 18.4 Å². The van der Waals surface area contributed by atoms with Crippen molar-refractivity contribution < 1.29 is 65.0 Å². The van der Waals surface area contributed by atoms with Gasteiger partial charge < -0.3 is 57.2 Å². The second kappa shape index (κ2) is 41.1. The van der Waals surface area contributed by atoms with Crippen LogP contribution in [0, 0.1) is 11.6 Å². The Morgan fingerprint density at radius 1 is 0.575 bits per heavy atom. The van der Waals surface area contributed by atoms with Gasteiger partial charge in [0.15, 0.2) is 34.5 Å². The highest BCUT2D eigenvalue weighted by atomic mass is 35.5. The molecule has 32 heteroatoms. The van der Waals surface area contributed by atoms with Crippen molar-refractivity contribution >= 4 is 80.1 Å². The van der Waals surface area contributed by atoms with Crippen LogP contribution in [0.5, 0.6) is 23.3 Å². The van der Waals surface area contributed by atoms with E-state index in [2.05, 4.69) is 131 Å². The zero-order valence-electron chi connectivity index (χ0n) is 67.4. The molecule has 2 unspecified atom stereocenters. The molecule has 0 spiro atoms. The predicted molar refractivity (Wildman–Crippen MR) is 459 cm³/mol. The van der Waals surface area contributed by atoms with Crippen LogP contribution in [0.1, 0.15) is 184 Å². The number of carbonyl (C=O) groups is 2. The fourth-order valence-electron chi connectivity index (χ4n) is 11.0. The number of ether oxygens (including phenoxy) is 6. The van der Waals surface area contributed by atoms with E-state index in [1.165, 1.54) is 18.7 Å². The smallest absolute Gasteiger partial charge is 0.444 e. The topological polar surface area (TPSA) is 248 Å². The van der Waals surface area contributed by atoms with Crippen LogP contribution in [-0.2, 0) is 50.2 Å². The van der Waals surface area contributed by atoms with Crippen molar-refractivity contribution in [2.24, 2.45) is 0 Å². The lowest BCUT2D eigenvalue weighted by Gasteiger charge is -2.37.